The number of aryl methyl sites for hydroxylation is 1. The average Bonchev–Trinajstić information content (AvgIpc) is 2.80. The zero-order valence-corrected chi connectivity index (χ0v) is 12.0. The third-order valence-electron chi connectivity index (χ3n) is 2.96. The van der Waals surface area contributed by atoms with Crippen LogP contribution in [-0.2, 0) is 6.42 Å². The van der Waals surface area contributed by atoms with Crippen molar-refractivity contribution in [3.8, 4) is 11.5 Å². The average molecular weight is 276 g/mol. The van der Waals surface area contributed by atoms with E-state index in [2.05, 4.69) is 0 Å². The first-order valence-electron chi connectivity index (χ1n) is 5.94. The Hall–Kier alpha value is -1.81. The maximum atomic E-state index is 12.3. The number of hydrogen-bond donors (Lipinski definition) is 0. The van der Waals surface area contributed by atoms with Gasteiger partial charge in [0, 0.05) is 16.7 Å². The lowest BCUT2D eigenvalue weighted by Gasteiger charge is -2.05. The molecule has 4 heteroatoms. The summed E-state index contributed by atoms with van der Waals surface area (Å²) in [7, 11) is 3.21. The van der Waals surface area contributed by atoms with Crippen molar-refractivity contribution in [2.75, 3.05) is 14.2 Å². The summed E-state index contributed by atoms with van der Waals surface area (Å²) < 4.78 is 10.3. The van der Waals surface area contributed by atoms with Gasteiger partial charge in [0.05, 0.1) is 19.8 Å². The molecular weight excluding hydrogens is 260 g/mol. The Kier molecular flexibility index (Phi) is 4.22. The molecule has 0 radical (unpaired) electrons. The van der Waals surface area contributed by atoms with Crippen molar-refractivity contribution in [3.05, 3.63) is 45.6 Å². The van der Waals surface area contributed by atoms with Crippen molar-refractivity contribution in [2.24, 2.45) is 0 Å². The van der Waals surface area contributed by atoms with E-state index in [0.29, 0.717) is 17.7 Å². The van der Waals surface area contributed by atoms with Gasteiger partial charge in [-0.2, -0.15) is 0 Å². The van der Waals surface area contributed by atoms with Gasteiger partial charge in [0.25, 0.3) is 0 Å². The van der Waals surface area contributed by atoms with Gasteiger partial charge in [0.15, 0.2) is 5.78 Å². The molecule has 1 aromatic heterocycles. The second-order valence-electron chi connectivity index (χ2n) is 4.18. The summed E-state index contributed by atoms with van der Waals surface area (Å²) in [6.07, 6.45) is 0.373. The van der Waals surface area contributed by atoms with Gasteiger partial charge >= 0.3 is 0 Å². The third kappa shape index (κ3) is 2.96. The normalized spacial score (nSPS) is 10.3. The van der Waals surface area contributed by atoms with Crippen LogP contribution in [0, 0.1) is 6.92 Å². The highest BCUT2D eigenvalue weighted by Crippen LogP contribution is 2.29. The summed E-state index contributed by atoms with van der Waals surface area (Å²) >= 11 is 1.53. The molecule has 0 fully saturated rings. The highest BCUT2D eigenvalue weighted by Gasteiger charge is 2.17. The minimum atomic E-state index is 0.0840. The van der Waals surface area contributed by atoms with E-state index >= 15 is 0 Å². The summed E-state index contributed by atoms with van der Waals surface area (Å²) in [6, 6.07) is 7.54. The van der Waals surface area contributed by atoms with Gasteiger partial charge in [0.2, 0.25) is 0 Å². The smallest absolute Gasteiger partial charge is 0.172 e. The van der Waals surface area contributed by atoms with E-state index in [1.54, 1.807) is 14.2 Å². The number of hydrogen-bond acceptors (Lipinski definition) is 4. The molecule has 2 rings (SSSR count). The molecule has 0 unspecified atom stereocenters. The number of Topliss-reactive ketones (excluding diaryl/α,β-unsaturated/α-hetero) is 1. The van der Waals surface area contributed by atoms with Crippen LogP contribution in [0.1, 0.15) is 20.8 Å². The van der Waals surface area contributed by atoms with Crippen molar-refractivity contribution < 1.29 is 14.3 Å². The lowest BCUT2D eigenvalue weighted by Crippen LogP contribution is -2.05. The van der Waals surface area contributed by atoms with Gasteiger partial charge in [0.1, 0.15) is 11.5 Å². The van der Waals surface area contributed by atoms with E-state index in [1.165, 1.54) is 11.3 Å². The van der Waals surface area contributed by atoms with Crippen LogP contribution < -0.4 is 9.47 Å². The van der Waals surface area contributed by atoms with Crippen molar-refractivity contribution in [1.82, 2.24) is 0 Å². The van der Waals surface area contributed by atoms with Gasteiger partial charge in [-0.15, -0.1) is 11.3 Å². The molecule has 3 nitrogen and oxygen atoms in total. The zero-order valence-electron chi connectivity index (χ0n) is 11.2. The molecule has 1 heterocycles. The lowest BCUT2D eigenvalue weighted by atomic mass is 10.0. The number of rotatable bonds is 5. The Balaban J connectivity index is 2.18. The van der Waals surface area contributed by atoms with Crippen LogP contribution in [0.25, 0.3) is 0 Å². The SMILES string of the molecule is COc1ccc(CC(=O)c2c(OC)csc2C)cc1. The molecule has 0 atom stereocenters. The molecule has 0 aliphatic rings. The molecule has 100 valence electrons. The summed E-state index contributed by atoms with van der Waals surface area (Å²) in [5, 5.41) is 1.87. The summed E-state index contributed by atoms with van der Waals surface area (Å²) in [4.78, 5) is 13.3. The molecule has 2 aromatic rings. The predicted octanol–water partition coefficient (Wildman–Crippen LogP) is 3.50. The van der Waals surface area contributed by atoms with E-state index in [9.17, 15) is 4.79 Å². The van der Waals surface area contributed by atoms with E-state index in [0.717, 1.165) is 16.2 Å². The molecule has 19 heavy (non-hydrogen) atoms. The molecule has 0 bridgehead atoms. The fourth-order valence-corrected chi connectivity index (χ4v) is 2.76. The fourth-order valence-electron chi connectivity index (χ4n) is 1.93. The minimum absolute atomic E-state index is 0.0840. The maximum Gasteiger partial charge on any atom is 0.172 e. The van der Waals surface area contributed by atoms with Crippen LogP contribution in [0.3, 0.4) is 0 Å². The third-order valence-corrected chi connectivity index (χ3v) is 3.85. The van der Waals surface area contributed by atoms with Crippen LogP contribution in [0.4, 0.5) is 0 Å². The largest absolute Gasteiger partial charge is 0.497 e. The fraction of sp³-hybridized carbons (Fsp3) is 0.267. The lowest BCUT2D eigenvalue weighted by molar-refractivity contribution is 0.0990. The standard InChI is InChI=1S/C15H16O3S/c1-10-15(14(18-3)9-19-10)13(16)8-11-4-6-12(17-2)7-5-11/h4-7,9H,8H2,1-3H3. The van der Waals surface area contributed by atoms with Crippen LogP contribution in [0.2, 0.25) is 0 Å². The number of methoxy groups -OCH3 is 2. The molecule has 0 aliphatic carbocycles. The van der Waals surface area contributed by atoms with Crippen molar-refractivity contribution >= 4 is 17.1 Å². The molecule has 0 saturated heterocycles. The Morgan fingerprint density at radius 3 is 2.42 bits per heavy atom. The molecular formula is C15H16O3S. The quantitative estimate of drug-likeness (QED) is 0.784. The van der Waals surface area contributed by atoms with E-state index in [1.807, 2.05) is 36.6 Å². The molecule has 1 aromatic carbocycles. The van der Waals surface area contributed by atoms with Crippen LogP contribution in [-0.4, -0.2) is 20.0 Å². The highest BCUT2D eigenvalue weighted by atomic mass is 32.1. The Labute approximate surface area is 116 Å². The Bertz CT molecular complexity index is 570. The second-order valence-corrected chi connectivity index (χ2v) is 5.27. The number of benzene rings is 1. The van der Waals surface area contributed by atoms with Crippen molar-refractivity contribution in [1.29, 1.82) is 0 Å². The minimum Gasteiger partial charge on any atom is -0.497 e. The van der Waals surface area contributed by atoms with E-state index < -0.39 is 0 Å². The Morgan fingerprint density at radius 2 is 1.84 bits per heavy atom. The molecule has 0 saturated carbocycles. The number of carbonyl (C=O) groups excluding carboxylic acids is 1. The highest BCUT2D eigenvalue weighted by molar-refractivity contribution is 7.10. The molecule has 0 aliphatic heterocycles. The van der Waals surface area contributed by atoms with Gasteiger partial charge in [-0.3, -0.25) is 4.79 Å². The molecule has 0 amide bonds. The van der Waals surface area contributed by atoms with Crippen molar-refractivity contribution in [3.63, 3.8) is 0 Å². The first kappa shape index (κ1) is 13.6. The number of carbonyl (C=O) groups is 1. The zero-order chi connectivity index (χ0) is 13.8. The summed E-state index contributed by atoms with van der Waals surface area (Å²) in [5.41, 5.74) is 1.67. The van der Waals surface area contributed by atoms with Gasteiger partial charge in [-0.1, -0.05) is 12.1 Å². The van der Waals surface area contributed by atoms with Crippen LogP contribution >= 0.6 is 11.3 Å². The van der Waals surface area contributed by atoms with Gasteiger partial charge in [-0.05, 0) is 24.6 Å². The molecule has 0 spiro atoms. The first-order valence-corrected chi connectivity index (χ1v) is 6.82. The number of thiophene rings is 1. The van der Waals surface area contributed by atoms with Crippen LogP contribution in [0.5, 0.6) is 11.5 Å². The summed E-state index contributed by atoms with van der Waals surface area (Å²) in [5.74, 6) is 1.54. The van der Waals surface area contributed by atoms with Gasteiger partial charge in [-0.25, -0.2) is 0 Å². The van der Waals surface area contributed by atoms with Gasteiger partial charge < -0.3 is 9.47 Å². The van der Waals surface area contributed by atoms with Crippen molar-refractivity contribution in [2.45, 2.75) is 13.3 Å². The predicted molar refractivity (Wildman–Crippen MR) is 76.6 cm³/mol. The topological polar surface area (TPSA) is 35.5 Å². The number of ketones is 1. The monoisotopic (exact) mass is 276 g/mol. The Morgan fingerprint density at radius 1 is 1.16 bits per heavy atom. The maximum absolute atomic E-state index is 12.3. The first-order chi connectivity index (χ1) is 9.15. The summed E-state index contributed by atoms with van der Waals surface area (Å²) in [6.45, 7) is 1.94. The van der Waals surface area contributed by atoms with Crippen LogP contribution in [0.15, 0.2) is 29.6 Å². The molecule has 0 N–H and O–H groups in total. The number of ether oxygens (including phenoxy) is 2. The van der Waals surface area contributed by atoms with E-state index in [-0.39, 0.29) is 5.78 Å². The van der Waals surface area contributed by atoms with E-state index in [4.69, 9.17) is 9.47 Å². The second kappa shape index (κ2) is 5.89.